The van der Waals surface area contributed by atoms with Gasteiger partial charge in [0.15, 0.2) is 0 Å². The number of nitrogens with zero attached hydrogens (tertiary/aromatic N) is 1. The fraction of sp³-hybridized carbons (Fsp3) is 0.300. The molecule has 1 saturated carbocycles. The summed E-state index contributed by atoms with van der Waals surface area (Å²) in [6, 6.07) is 16.9. The summed E-state index contributed by atoms with van der Waals surface area (Å²) in [7, 11) is 1.84. The second kappa shape index (κ2) is 6.48. The van der Waals surface area contributed by atoms with E-state index >= 15 is 0 Å². The van der Waals surface area contributed by atoms with Crippen LogP contribution in [0.3, 0.4) is 0 Å². The molecular weight excluding hydrogens is 302 g/mol. The van der Waals surface area contributed by atoms with Gasteiger partial charge in [-0.25, -0.2) is 4.79 Å². The normalized spacial score (nSPS) is 14.9. The Morgan fingerprint density at radius 2 is 1.67 bits per heavy atom. The number of carboxylic acid groups (broad SMARTS) is 1. The zero-order valence-corrected chi connectivity index (χ0v) is 13.7. The largest absolute Gasteiger partial charge is 0.478 e. The maximum absolute atomic E-state index is 12.5. The van der Waals surface area contributed by atoms with Crippen LogP contribution in [0.4, 0.5) is 0 Å². The Morgan fingerprint density at radius 1 is 1.04 bits per heavy atom. The van der Waals surface area contributed by atoms with E-state index in [1.807, 2.05) is 25.2 Å². The molecule has 24 heavy (non-hydrogen) atoms. The predicted molar refractivity (Wildman–Crippen MR) is 92.1 cm³/mol. The molecule has 4 heteroatoms. The Balaban J connectivity index is 1.62. The lowest BCUT2D eigenvalue weighted by Crippen LogP contribution is -2.35. The number of carboxylic acids is 1. The molecule has 3 rings (SSSR count). The molecule has 0 bridgehead atoms. The van der Waals surface area contributed by atoms with Crippen molar-refractivity contribution >= 4 is 11.9 Å². The highest BCUT2D eigenvalue weighted by Gasteiger charge is 2.45. The molecule has 0 heterocycles. The molecule has 1 aliphatic carbocycles. The van der Waals surface area contributed by atoms with Gasteiger partial charge in [-0.05, 0) is 36.1 Å². The van der Waals surface area contributed by atoms with Crippen LogP contribution in [0, 0.1) is 0 Å². The van der Waals surface area contributed by atoms with Crippen LogP contribution < -0.4 is 0 Å². The van der Waals surface area contributed by atoms with E-state index in [1.165, 1.54) is 17.7 Å². The van der Waals surface area contributed by atoms with Crippen LogP contribution >= 0.6 is 0 Å². The number of aromatic carboxylic acids is 1. The van der Waals surface area contributed by atoms with Crippen molar-refractivity contribution in [2.24, 2.45) is 0 Å². The number of carbonyl (C=O) groups excluding carboxylic acids is 1. The summed E-state index contributed by atoms with van der Waals surface area (Å²) in [5.74, 6) is -0.899. The van der Waals surface area contributed by atoms with Gasteiger partial charge in [-0.15, -0.1) is 0 Å². The highest BCUT2D eigenvalue weighted by atomic mass is 16.4. The van der Waals surface area contributed by atoms with Crippen LogP contribution in [0.25, 0.3) is 0 Å². The second-order valence-electron chi connectivity index (χ2n) is 6.58. The van der Waals surface area contributed by atoms with Gasteiger partial charge in [0.25, 0.3) is 0 Å². The lowest BCUT2D eigenvalue weighted by Gasteiger charge is -2.24. The van der Waals surface area contributed by atoms with Crippen molar-refractivity contribution in [2.45, 2.75) is 24.7 Å². The smallest absolute Gasteiger partial charge is 0.335 e. The van der Waals surface area contributed by atoms with Crippen LogP contribution in [0.5, 0.6) is 0 Å². The van der Waals surface area contributed by atoms with Crippen molar-refractivity contribution in [1.82, 2.24) is 4.90 Å². The van der Waals surface area contributed by atoms with Gasteiger partial charge in [-0.1, -0.05) is 42.5 Å². The van der Waals surface area contributed by atoms with E-state index in [2.05, 4.69) is 12.1 Å². The summed E-state index contributed by atoms with van der Waals surface area (Å²) in [4.78, 5) is 25.1. The Kier molecular flexibility index (Phi) is 4.38. The van der Waals surface area contributed by atoms with Crippen LogP contribution in [-0.2, 0) is 16.6 Å². The zero-order valence-electron chi connectivity index (χ0n) is 13.7. The van der Waals surface area contributed by atoms with E-state index in [-0.39, 0.29) is 16.9 Å². The third-order valence-corrected chi connectivity index (χ3v) is 4.76. The van der Waals surface area contributed by atoms with E-state index in [0.29, 0.717) is 6.42 Å². The monoisotopic (exact) mass is 323 g/mol. The van der Waals surface area contributed by atoms with Gasteiger partial charge in [0.05, 0.1) is 12.0 Å². The summed E-state index contributed by atoms with van der Waals surface area (Å²) in [6.07, 6.45) is 2.52. The molecule has 0 radical (unpaired) electrons. The molecule has 0 unspecified atom stereocenters. The molecule has 1 amide bonds. The molecular formula is C20H21NO3. The molecule has 0 atom stereocenters. The first-order chi connectivity index (χ1) is 11.5. The molecule has 2 aromatic carbocycles. The first-order valence-corrected chi connectivity index (χ1v) is 8.12. The number of hydrogen-bond donors (Lipinski definition) is 1. The van der Waals surface area contributed by atoms with Crippen molar-refractivity contribution in [3.05, 3.63) is 71.3 Å². The molecule has 0 aliphatic heterocycles. The van der Waals surface area contributed by atoms with Gasteiger partial charge in [0.2, 0.25) is 5.91 Å². The molecule has 1 aliphatic rings. The van der Waals surface area contributed by atoms with E-state index in [4.69, 9.17) is 5.11 Å². The van der Waals surface area contributed by atoms with Crippen molar-refractivity contribution in [1.29, 1.82) is 0 Å². The topological polar surface area (TPSA) is 57.6 Å². The van der Waals surface area contributed by atoms with Crippen LogP contribution in [0.2, 0.25) is 0 Å². The van der Waals surface area contributed by atoms with E-state index in [9.17, 15) is 9.59 Å². The first-order valence-electron chi connectivity index (χ1n) is 8.12. The van der Waals surface area contributed by atoms with Crippen LogP contribution in [0.15, 0.2) is 54.6 Å². The first kappa shape index (κ1) is 16.2. The standard InChI is InChI=1S/C20H21NO3/c1-21(14-20(11-12-20)17-5-3-2-4-6-17)18(22)13-15-7-9-16(10-8-15)19(23)24/h2-10H,11-14H2,1H3,(H,23,24). The van der Waals surface area contributed by atoms with E-state index < -0.39 is 5.97 Å². The summed E-state index contributed by atoms with van der Waals surface area (Å²) < 4.78 is 0. The minimum atomic E-state index is -0.955. The number of likely N-dealkylation sites (N-methyl/N-ethyl adjacent to an activating group) is 1. The van der Waals surface area contributed by atoms with Gasteiger partial charge in [-0.2, -0.15) is 0 Å². The van der Waals surface area contributed by atoms with Crippen LogP contribution in [-0.4, -0.2) is 35.5 Å². The van der Waals surface area contributed by atoms with Gasteiger partial charge in [0.1, 0.15) is 0 Å². The highest BCUT2D eigenvalue weighted by Crippen LogP contribution is 2.48. The Labute approximate surface area is 141 Å². The third-order valence-electron chi connectivity index (χ3n) is 4.76. The summed E-state index contributed by atoms with van der Waals surface area (Å²) in [5.41, 5.74) is 2.48. The Bertz CT molecular complexity index is 733. The summed E-state index contributed by atoms with van der Waals surface area (Å²) in [6.45, 7) is 0.725. The lowest BCUT2D eigenvalue weighted by atomic mass is 9.95. The molecule has 0 aromatic heterocycles. The molecule has 4 nitrogen and oxygen atoms in total. The summed E-state index contributed by atoms with van der Waals surface area (Å²) >= 11 is 0. The maximum Gasteiger partial charge on any atom is 0.335 e. The van der Waals surface area contributed by atoms with Crippen LogP contribution in [0.1, 0.15) is 34.3 Å². The van der Waals surface area contributed by atoms with Crippen molar-refractivity contribution in [3.8, 4) is 0 Å². The van der Waals surface area contributed by atoms with E-state index in [1.54, 1.807) is 17.0 Å². The summed E-state index contributed by atoms with van der Waals surface area (Å²) in [5, 5.41) is 8.91. The fourth-order valence-corrected chi connectivity index (χ4v) is 3.10. The quantitative estimate of drug-likeness (QED) is 0.888. The van der Waals surface area contributed by atoms with Gasteiger partial charge < -0.3 is 10.0 Å². The number of hydrogen-bond acceptors (Lipinski definition) is 2. The molecule has 1 fully saturated rings. The maximum atomic E-state index is 12.5. The molecule has 1 N–H and O–H groups in total. The Hall–Kier alpha value is -2.62. The molecule has 0 spiro atoms. The zero-order chi connectivity index (χ0) is 17.2. The van der Waals surface area contributed by atoms with Gasteiger partial charge >= 0.3 is 5.97 Å². The highest BCUT2D eigenvalue weighted by molar-refractivity contribution is 5.87. The van der Waals surface area contributed by atoms with E-state index in [0.717, 1.165) is 24.9 Å². The lowest BCUT2D eigenvalue weighted by molar-refractivity contribution is -0.129. The number of carbonyl (C=O) groups is 2. The fourth-order valence-electron chi connectivity index (χ4n) is 3.10. The number of amides is 1. The molecule has 0 saturated heterocycles. The average Bonchev–Trinajstić information content (AvgIpc) is 3.37. The minimum absolute atomic E-state index is 0.0558. The number of rotatable bonds is 6. The van der Waals surface area contributed by atoms with Crippen molar-refractivity contribution in [2.75, 3.05) is 13.6 Å². The molecule has 124 valence electrons. The second-order valence-corrected chi connectivity index (χ2v) is 6.58. The predicted octanol–water partition coefficient (Wildman–Crippen LogP) is 3.12. The minimum Gasteiger partial charge on any atom is -0.478 e. The third kappa shape index (κ3) is 3.48. The number of benzene rings is 2. The molecule has 2 aromatic rings. The van der Waals surface area contributed by atoms with Gasteiger partial charge in [0, 0.05) is 19.0 Å². The SMILES string of the molecule is CN(CC1(c2ccccc2)CC1)C(=O)Cc1ccc(C(=O)O)cc1. The van der Waals surface area contributed by atoms with Crippen molar-refractivity contribution < 1.29 is 14.7 Å². The van der Waals surface area contributed by atoms with Crippen molar-refractivity contribution in [3.63, 3.8) is 0 Å². The van der Waals surface area contributed by atoms with Gasteiger partial charge in [-0.3, -0.25) is 4.79 Å². The Morgan fingerprint density at radius 3 is 2.21 bits per heavy atom. The average molecular weight is 323 g/mol.